The van der Waals surface area contributed by atoms with Gasteiger partial charge in [0.2, 0.25) is 6.79 Å². The summed E-state index contributed by atoms with van der Waals surface area (Å²) in [7, 11) is 2.09. The minimum Gasteiger partial charge on any atom is -0.454 e. The van der Waals surface area contributed by atoms with E-state index in [0.717, 1.165) is 37.4 Å². The number of likely N-dealkylation sites (N-methyl/N-ethyl adjacent to an activating group) is 1. The molecule has 2 rings (SSSR count). The van der Waals surface area contributed by atoms with Crippen molar-refractivity contribution >= 4 is 0 Å². The third-order valence-electron chi connectivity index (χ3n) is 3.05. The molecule has 0 saturated carbocycles. The summed E-state index contributed by atoms with van der Waals surface area (Å²) in [5.74, 6) is 1.68. The van der Waals surface area contributed by atoms with Crippen LogP contribution in [0.2, 0.25) is 0 Å². The van der Waals surface area contributed by atoms with E-state index < -0.39 is 0 Å². The summed E-state index contributed by atoms with van der Waals surface area (Å²) in [5.41, 5.74) is 1.26. The molecule has 0 bridgehead atoms. The second-order valence-corrected chi connectivity index (χ2v) is 4.50. The van der Waals surface area contributed by atoms with Crippen LogP contribution in [0.5, 0.6) is 11.5 Å². The summed E-state index contributed by atoms with van der Waals surface area (Å²) in [6.07, 6.45) is 2.56. The Hall–Kier alpha value is -1.73. The highest BCUT2D eigenvalue weighted by Crippen LogP contribution is 2.32. The molecule has 1 aliphatic rings. The van der Waals surface area contributed by atoms with Crippen molar-refractivity contribution in [3.05, 3.63) is 23.8 Å². The number of unbranched alkanes of at least 4 members (excludes halogenated alkanes) is 1. The van der Waals surface area contributed by atoms with Gasteiger partial charge in [-0.1, -0.05) is 6.07 Å². The molecule has 4 heteroatoms. The van der Waals surface area contributed by atoms with Gasteiger partial charge in [0.15, 0.2) is 11.5 Å². The molecule has 1 aromatic rings. The molecule has 1 aliphatic heterocycles. The van der Waals surface area contributed by atoms with Gasteiger partial charge >= 0.3 is 0 Å². The van der Waals surface area contributed by atoms with Crippen LogP contribution in [-0.2, 0) is 6.42 Å². The maximum atomic E-state index is 8.48. The molecule has 1 aromatic carbocycles. The van der Waals surface area contributed by atoms with E-state index >= 15 is 0 Å². The van der Waals surface area contributed by atoms with E-state index in [1.54, 1.807) is 0 Å². The van der Waals surface area contributed by atoms with E-state index in [4.69, 9.17) is 14.7 Å². The molecule has 0 aliphatic carbocycles. The fraction of sp³-hybridized carbons (Fsp3) is 0.500. The van der Waals surface area contributed by atoms with Gasteiger partial charge in [0.05, 0.1) is 6.07 Å². The van der Waals surface area contributed by atoms with Crippen LogP contribution in [0.4, 0.5) is 0 Å². The van der Waals surface area contributed by atoms with Crippen molar-refractivity contribution in [3.8, 4) is 17.6 Å². The fourth-order valence-corrected chi connectivity index (χ4v) is 1.96. The van der Waals surface area contributed by atoms with E-state index in [9.17, 15) is 0 Å². The van der Waals surface area contributed by atoms with Gasteiger partial charge in [0.25, 0.3) is 0 Å². The molecule has 0 spiro atoms. The molecule has 0 radical (unpaired) electrons. The lowest BCUT2D eigenvalue weighted by Crippen LogP contribution is -2.22. The Bertz CT molecular complexity index is 440. The standard InChI is InChI=1S/C14H18N2O2/c1-16(8-3-2-7-15)9-6-12-4-5-13-14(10-12)18-11-17-13/h4-5,10H,2-3,6,8-9,11H2,1H3. The molecular formula is C14H18N2O2. The SMILES string of the molecule is CN(CCCC#N)CCc1ccc2c(c1)OCO2. The van der Waals surface area contributed by atoms with E-state index in [-0.39, 0.29) is 0 Å². The lowest BCUT2D eigenvalue weighted by molar-refractivity contribution is 0.174. The number of hydrogen-bond donors (Lipinski definition) is 0. The molecule has 0 saturated heterocycles. The van der Waals surface area contributed by atoms with Gasteiger partial charge in [0, 0.05) is 13.0 Å². The zero-order valence-corrected chi connectivity index (χ0v) is 10.7. The van der Waals surface area contributed by atoms with Crippen molar-refractivity contribution in [3.63, 3.8) is 0 Å². The summed E-state index contributed by atoms with van der Waals surface area (Å²) in [5, 5.41) is 8.48. The van der Waals surface area contributed by atoms with Gasteiger partial charge in [-0.15, -0.1) is 0 Å². The largest absolute Gasteiger partial charge is 0.454 e. The molecule has 18 heavy (non-hydrogen) atoms. The minimum atomic E-state index is 0.326. The van der Waals surface area contributed by atoms with Gasteiger partial charge in [-0.25, -0.2) is 0 Å². The molecule has 1 heterocycles. The van der Waals surface area contributed by atoms with Crippen LogP contribution in [0.1, 0.15) is 18.4 Å². The first kappa shape index (κ1) is 12.7. The highest BCUT2D eigenvalue weighted by atomic mass is 16.7. The molecule has 0 amide bonds. The summed E-state index contributed by atoms with van der Waals surface area (Å²) in [6.45, 7) is 2.29. The van der Waals surface area contributed by atoms with Crippen molar-refractivity contribution in [2.45, 2.75) is 19.3 Å². The molecule has 0 atom stereocenters. The molecule has 96 valence electrons. The smallest absolute Gasteiger partial charge is 0.231 e. The van der Waals surface area contributed by atoms with E-state index in [1.165, 1.54) is 5.56 Å². The van der Waals surface area contributed by atoms with Crippen LogP contribution in [0.25, 0.3) is 0 Å². The van der Waals surface area contributed by atoms with Crippen molar-refractivity contribution < 1.29 is 9.47 Å². The first-order valence-electron chi connectivity index (χ1n) is 6.23. The average Bonchev–Trinajstić information content (AvgIpc) is 2.84. The number of benzene rings is 1. The number of ether oxygens (including phenoxy) is 2. The Morgan fingerprint density at radius 1 is 1.28 bits per heavy atom. The van der Waals surface area contributed by atoms with Crippen LogP contribution in [0.15, 0.2) is 18.2 Å². The minimum absolute atomic E-state index is 0.326. The van der Waals surface area contributed by atoms with E-state index in [2.05, 4.69) is 24.1 Å². The number of fused-ring (bicyclic) bond motifs is 1. The first-order chi connectivity index (χ1) is 8.79. The summed E-state index contributed by atoms with van der Waals surface area (Å²) >= 11 is 0. The number of nitriles is 1. The fourth-order valence-electron chi connectivity index (χ4n) is 1.96. The normalized spacial score (nSPS) is 12.7. The Labute approximate surface area is 108 Å². The molecule has 0 fully saturated rings. The van der Waals surface area contributed by atoms with Crippen LogP contribution in [0, 0.1) is 11.3 Å². The third kappa shape index (κ3) is 3.38. The second kappa shape index (κ2) is 6.27. The third-order valence-corrected chi connectivity index (χ3v) is 3.05. The highest BCUT2D eigenvalue weighted by Gasteiger charge is 2.13. The van der Waals surface area contributed by atoms with Gasteiger partial charge in [-0.3, -0.25) is 0 Å². The lowest BCUT2D eigenvalue weighted by atomic mass is 10.1. The quantitative estimate of drug-likeness (QED) is 0.722. The molecule has 4 nitrogen and oxygen atoms in total. The summed E-state index contributed by atoms with van der Waals surface area (Å²) in [6, 6.07) is 8.26. The molecule has 0 N–H and O–H groups in total. The van der Waals surface area contributed by atoms with Crippen LogP contribution in [0.3, 0.4) is 0 Å². The van der Waals surface area contributed by atoms with Crippen molar-refractivity contribution in [2.75, 3.05) is 26.9 Å². The van der Waals surface area contributed by atoms with Crippen LogP contribution >= 0.6 is 0 Å². The molecule has 0 unspecified atom stereocenters. The number of nitrogens with zero attached hydrogens (tertiary/aromatic N) is 2. The molecule has 0 aromatic heterocycles. The maximum Gasteiger partial charge on any atom is 0.231 e. The van der Waals surface area contributed by atoms with E-state index in [1.807, 2.05) is 12.1 Å². The zero-order valence-electron chi connectivity index (χ0n) is 10.7. The van der Waals surface area contributed by atoms with E-state index in [0.29, 0.717) is 13.2 Å². The molecular weight excluding hydrogens is 228 g/mol. The Morgan fingerprint density at radius 2 is 2.11 bits per heavy atom. The topological polar surface area (TPSA) is 45.5 Å². The number of hydrogen-bond acceptors (Lipinski definition) is 4. The van der Waals surface area contributed by atoms with Crippen LogP contribution < -0.4 is 9.47 Å². The second-order valence-electron chi connectivity index (χ2n) is 4.50. The number of rotatable bonds is 6. The van der Waals surface area contributed by atoms with Crippen molar-refractivity contribution in [1.29, 1.82) is 5.26 Å². The summed E-state index contributed by atoms with van der Waals surface area (Å²) in [4.78, 5) is 2.25. The monoisotopic (exact) mass is 246 g/mol. The lowest BCUT2D eigenvalue weighted by Gasteiger charge is -2.15. The Morgan fingerprint density at radius 3 is 2.94 bits per heavy atom. The van der Waals surface area contributed by atoms with Gasteiger partial charge in [-0.2, -0.15) is 5.26 Å². The zero-order chi connectivity index (χ0) is 12.8. The highest BCUT2D eigenvalue weighted by molar-refractivity contribution is 5.44. The first-order valence-corrected chi connectivity index (χ1v) is 6.23. The maximum absolute atomic E-state index is 8.48. The Kier molecular flexibility index (Phi) is 4.43. The van der Waals surface area contributed by atoms with Crippen molar-refractivity contribution in [1.82, 2.24) is 4.90 Å². The summed E-state index contributed by atoms with van der Waals surface area (Å²) < 4.78 is 10.6. The average molecular weight is 246 g/mol. The van der Waals surface area contributed by atoms with Gasteiger partial charge in [0.1, 0.15) is 0 Å². The van der Waals surface area contributed by atoms with Crippen LogP contribution in [-0.4, -0.2) is 31.8 Å². The predicted molar refractivity (Wildman–Crippen MR) is 68.6 cm³/mol. The predicted octanol–water partition coefficient (Wildman–Crippen LogP) is 2.19. The Balaban J connectivity index is 1.78. The van der Waals surface area contributed by atoms with Gasteiger partial charge < -0.3 is 14.4 Å². The van der Waals surface area contributed by atoms with Gasteiger partial charge in [-0.05, 0) is 44.1 Å². The van der Waals surface area contributed by atoms with Crippen molar-refractivity contribution in [2.24, 2.45) is 0 Å².